The quantitative estimate of drug-likeness (QED) is 0.731. The standard InChI is InChI=1S/C19H21NO/c1-10-8-15-6-7-16-13(4)11(2)12(3)14(5)17(16)19(21)18(15)20-9-10/h8-9H,6-7H2,1-5H3. The van der Waals surface area contributed by atoms with Crippen LogP contribution >= 0.6 is 0 Å². The largest absolute Gasteiger partial charge is 0.287 e. The number of hydrogen-bond acceptors (Lipinski definition) is 2. The average Bonchev–Trinajstić information content (AvgIpc) is 2.60. The Kier molecular flexibility index (Phi) is 3.20. The summed E-state index contributed by atoms with van der Waals surface area (Å²) < 4.78 is 0. The molecule has 2 heteroatoms. The first-order valence-corrected chi connectivity index (χ1v) is 7.51. The van der Waals surface area contributed by atoms with Crippen molar-refractivity contribution in [1.29, 1.82) is 0 Å². The molecule has 2 nitrogen and oxygen atoms in total. The second kappa shape index (κ2) is 4.80. The van der Waals surface area contributed by atoms with Gasteiger partial charge in [-0.3, -0.25) is 9.78 Å². The molecule has 0 saturated carbocycles. The lowest BCUT2D eigenvalue weighted by atomic mass is 9.86. The molecule has 0 saturated heterocycles. The fraction of sp³-hybridized carbons (Fsp3) is 0.368. The summed E-state index contributed by atoms with van der Waals surface area (Å²) in [4.78, 5) is 17.4. The van der Waals surface area contributed by atoms with Gasteiger partial charge in [0, 0.05) is 11.8 Å². The van der Waals surface area contributed by atoms with Crippen LogP contribution in [0, 0.1) is 34.6 Å². The molecule has 0 unspecified atom stereocenters. The maximum Gasteiger partial charge on any atom is 0.212 e. The third-order valence-electron chi connectivity index (χ3n) is 5.01. The Labute approximate surface area is 126 Å². The number of carbonyl (C=O) groups is 1. The number of aromatic nitrogens is 1. The summed E-state index contributed by atoms with van der Waals surface area (Å²) in [6.07, 6.45) is 3.61. The highest BCUT2D eigenvalue weighted by Crippen LogP contribution is 2.32. The molecule has 0 spiro atoms. The van der Waals surface area contributed by atoms with Crippen molar-refractivity contribution in [3.63, 3.8) is 0 Å². The molecule has 3 rings (SSSR count). The molecule has 2 aromatic rings. The molecule has 1 aromatic heterocycles. The van der Waals surface area contributed by atoms with Crippen LogP contribution < -0.4 is 0 Å². The molecular weight excluding hydrogens is 258 g/mol. The Morgan fingerprint density at radius 2 is 1.57 bits per heavy atom. The number of pyridine rings is 1. The predicted octanol–water partition coefficient (Wildman–Crippen LogP) is 3.95. The van der Waals surface area contributed by atoms with Gasteiger partial charge in [-0.25, -0.2) is 0 Å². The van der Waals surface area contributed by atoms with E-state index in [1.54, 1.807) is 6.20 Å². The zero-order chi connectivity index (χ0) is 15.3. The monoisotopic (exact) mass is 279 g/mol. The number of ketones is 1. The van der Waals surface area contributed by atoms with E-state index in [0.29, 0.717) is 5.69 Å². The summed E-state index contributed by atoms with van der Waals surface area (Å²) in [5, 5.41) is 0. The normalized spacial score (nSPS) is 13.7. The molecule has 1 aromatic carbocycles. The first-order valence-electron chi connectivity index (χ1n) is 7.51. The number of nitrogens with zero attached hydrogens (tertiary/aromatic N) is 1. The number of aryl methyl sites for hydroxylation is 2. The number of carbonyl (C=O) groups excluding carboxylic acids is 1. The first kappa shape index (κ1) is 14.0. The van der Waals surface area contributed by atoms with Crippen molar-refractivity contribution in [3.8, 4) is 0 Å². The average molecular weight is 279 g/mol. The van der Waals surface area contributed by atoms with Crippen molar-refractivity contribution in [3.05, 3.63) is 62.5 Å². The van der Waals surface area contributed by atoms with Crippen LogP contribution in [0.2, 0.25) is 0 Å². The lowest BCUT2D eigenvalue weighted by Crippen LogP contribution is -2.12. The molecule has 0 fully saturated rings. The molecule has 1 aliphatic carbocycles. The molecule has 108 valence electrons. The summed E-state index contributed by atoms with van der Waals surface area (Å²) >= 11 is 0. The SMILES string of the molecule is Cc1cnc2c(c1)CCc1c(C)c(C)c(C)c(C)c1C2=O. The van der Waals surface area contributed by atoms with E-state index in [-0.39, 0.29) is 5.78 Å². The molecule has 0 amide bonds. The summed E-state index contributed by atoms with van der Waals surface area (Å²) in [6.45, 7) is 10.5. The molecule has 0 atom stereocenters. The maximum atomic E-state index is 13.0. The minimum atomic E-state index is 0.0983. The zero-order valence-electron chi connectivity index (χ0n) is 13.4. The Morgan fingerprint density at radius 3 is 2.29 bits per heavy atom. The van der Waals surface area contributed by atoms with Crippen molar-refractivity contribution in [2.24, 2.45) is 0 Å². The van der Waals surface area contributed by atoms with Crippen molar-refractivity contribution in [2.45, 2.75) is 47.5 Å². The second-order valence-electron chi connectivity index (χ2n) is 6.20. The van der Waals surface area contributed by atoms with Gasteiger partial charge < -0.3 is 0 Å². The second-order valence-corrected chi connectivity index (χ2v) is 6.20. The summed E-state index contributed by atoms with van der Waals surface area (Å²) in [5.74, 6) is 0.0983. The van der Waals surface area contributed by atoms with Crippen molar-refractivity contribution >= 4 is 5.78 Å². The van der Waals surface area contributed by atoms with E-state index in [9.17, 15) is 4.79 Å². The van der Waals surface area contributed by atoms with Crippen molar-refractivity contribution in [1.82, 2.24) is 4.98 Å². The van der Waals surface area contributed by atoms with Crippen LogP contribution in [0.25, 0.3) is 0 Å². The van der Waals surface area contributed by atoms with Gasteiger partial charge in [0.1, 0.15) is 5.69 Å². The molecular formula is C19H21NO. The lowest BCUT2D eigenvalue weighted by Gasteiger charge is -2.18. The highest BCUT2D eigenvalue weighted by atomic mass is 16.1. The van der Waals surface area contributed by atoms with E-state index in [2.05, 4.69) is 38.7 Å². The summed E-state index contributed by atoms with van der Waals surface area (Å²) in [5.41, 5.74) is 9.90. The third-order valence-corrected chi connectivity index (χ3v) is 5.01. The van der Waals surface area contributed by atoms with Crippen LogP contribution in [0.15, 0.2) is 12.3 Å². The Balaban J connectivity index is 2.32. The Morgan fingerprint density at radius 1 is 0.905 bits per heavy atom. The number of benzene rings is 1. The summed E-state index contributed by atoms with van der Waals surface area (Å²) in [7, 11) is 0. The minimum Gasteiger partial charge on any atom is -0.287 e. The maximum absolute atomic E-state index is 13.0. The van der Waals surface area contributed by atoms with E-state index >= 15 is 0 Å². The molecule has 0 bridgehead atoms. The van der Waals surface area contributed by atoms with Gasteiger partial charge in [-0.15, -0.1) is 0 Å². The van der Waals surface area contributed by atoms with E-state index in [1.807, 2.05) is 6.92 Å². The molecule has 0 radical (unpaired) electrons. The van der Waals surface area contributed by atoms with Gasteiger partial charge in [-0.05, 0) is 86.4 Å². The summed E-state index contributed by atoms with van der Waals surface area (Å²) in [6, 6.07) is 2.11. The van der Waals surface area contributed by atoms with E-state index in [4.69, 9.17) is 0 Å². The number of fused-ring (bicyclic) bond motifs is 2. The van der Waals surface area contributed by atoms with Gasteiger partial charge in [0.05, 0.1) is 0 Å². The smallest absolute Gasteiger partial charge is 0.212 e. The lowest BCUT2D eigenvalue weighted by molar-refractivity contribution is 0.103. The van der Waals surface area contributed by atoms with Crippen LogP contribution in [-0.2, 0) is 12.8 Å². The van der Waals surface area contributed by atoms with Crippen molar-refractivity contribution < 1.29 is 4.79 Å². The number of rotatable bonds is 0. The minimum absolute atomic E-state index is 0.0983. The van der Waals surface area contributed by atoms with Gasteiger partial charge in [-0.2, -0.15) is 0 Å². The molecule has 1 aliphatic rings. The highest BCUT2D eigenvalue weighted by molar-refractivity contribution is 6.11. The van der Waals surface area contributed by atoms with Gasteiger partial charge in [0.25, 0.3) is 0 Å². The van der Waals surface area contributed by atoms with Crippen LogP contribution in [0.1, 0.15) is 55.0 Å². The zero-order valence-corrected chi connectivity index (χ0v) is 13.4. The third kappa shape index (κ3) is 2.01. The highest BCUT2D eigenvalue weighted by Gasteiger charge is 2.27. The number of hydrogen-bond donors (Lipinski definition) is 0. The molecule has 0 aliphatic heterocycles. The van der Waals surface area contributed by atoms with Gasteiger partial charge >= 0.3 is 0 Å². The fourth-order valence-corrected chi connectivity index (χ4v) is 3.41. The van der Waals surface area contributed by atoms with Crippen molar-refractivity contribution in [2.75, 3.05) is 0 Å². The van der Waals surface area contributed by atoms with Crippen LogP contribution in [-0.4, -0.2) is 10.8 Å². The topological polar surface area (TPSA) is 30.0 Å². The molecule has 1 heterocycles. The Hall–Kier alpha value is -1.96. The predicted molar refractivity (Wildman–Crippen MR) is 85.2 cm³/mol. The van der Waals surface area contributed by atoms with E-state index < -0.39 is 0 Å². The Bertz CT molecular complexity index is 772. The van der Waals surface area contributed by atoms with Crippen LogP contribution in [0.5, 0.6) is 0 Å². The molecule has 21 heavy (non-hydrogen) atoms. The van der Waals surface area contributed by atoms with E-state index in [1.165, 1.54) is 22.3 Å². The first-order chi connectivity index (χ1) is 9.91. The van der Waals surface area contributed by atoms with Crippen LogP contribution in [0.3, 0.4) is 0 Å². The van der Waals surface area contributed by atoms with Crippen LogP contribution in [0.4, 0.5) is 0 Å². The fourth-order valence-electron chi connectivity index (χ4n) is 3.41. The van der Waals surface area contributed by atoms with E-state index in [0.717, 1.165) is 35.1 Å². The van der Waals surface area contributed by atoms with Gasteiger partial charge in [0.15, 0.2) is 0 Å². The van der Waals surface area contributed by atoms with Gasteiger partial charge in [-0.1, -0.05) is 6.07 Å². The molecule has 0 N–H and O–H groups in total. The van der Waals surface area contributed by atoms with Gasteiger partial charge in [0.2, 0.25) is 5.78 Å².